The number of nitrogens with zero attached hydrogens (tertiary/aromatic N) is 3. The van der Waals surface area contributed by atoms with Crippen LogP contribution in [0.3, 0.4) is 0 Å². The topological polar surface area (TPSA) is 85.8 Å². The lowest BCUT2D eigenvalue weighted by Crippen LogP contribution is -2.39. The van der Waals surface area contributed by atoms with Gasteiger partial charge in [-0.3, -0.25) is 9.97 Å². The van der Waals surface area contributed by atoms with Crippen molar-refractivity contribution in [3.8, 4) is 17.0 Å². The van der Waals surface area contributed by atoms with E-state index in [-0.39, 0.29) is 12.9 Å². The summed E-state index contributed by atoms with van der Waals surface area (Å²) >= 11 is 0. The molecule has 0 saturated carbocycles. The number of ether oxygens (including phenoxy) is 3. The highest BCUT2D eigenvalue weighted by Gasteiger charge is 2.37. The van der Waals surface area contributed by atoms with E-state index in [1.54, 1.807) is 0 Å². The molecule has 0 spiro atoms. The Morgan fingerprint density at radius 1 is 1.04 bits per heavy atom. The highest BCUT2D eigenvalue weighted by molar-refractivity contribution is 5.86. The summed E-state index contributed by atoms with van der Waals surface area (Å²) in [6.07, 6.45) is 4.59. The van der Waals surface area contributed by atoms with Crippen molar-refractivity contribution in [1.29, 1.82) is 0 Å². The van der Waals surface area contributed by atoms with Crippen LogP contribution < -0.4 is 15.0 Å². The molecule has 1 aromatic carbocycles. The van der Waals surface area contributed by atoms with Crippen LogP contribution in [-0.2, 0) is 14.3 Å². The number of pyridine rings is 2. The van der Waals surface area contributed by atoms with Crippen LogP contribution in [0, 0.1) is 26.2 Å². The van der Waals surface area contributed by atoms with Crippen molar-refractivity contribution in [3.05, 3.63) is 65.1 Å². The molecule has 1 aliphatic heterocycles. The first-order valence-electron chi connectivity index (χ1n) is 16.2. The zero-order chi connectivity index (χ0) is 32.9. The van der Waals surface area contributed by atoms with E-state index in [2.05, 4.69) is 50.0 Å². The molecule has 8 nitrogen and oxygen atoms in total. The van der Waals surface area contributed by atoms with Crippen LogP contribution in [-0.4, -0.2) is 53.9 Å². The fourth-order valence-corrected chi connectivity index (χ4v) is 5.63. The maximum atomic E-state index is 13.6. The van der Waals surface area contributed by atoms with Gasteiger partial charge in [-0.1, -0.05) is 31.5 Å². The number of anilines is 2. The molecular formula is C37H54N4O4. The number of nitrogens with one attached hydrogen (secondary N) is 1. The molecular weight excluding hydrogens is 564 g/mol. The zero-order valence-corrected chi connectivity index (χ0v) is 28.9. The van der Waals surface area contributed by atoms with Gasteiger partial charge in [0.1, 0.15) is 12.4 Å². The Bertz CT molecular complexity index is 1460. The molecule has 1 N–H and O–H groups in total. The number of esters is 1. The molecule has 3 heterocycles. The fraction of sp³-hybridized carbons (Fsp3) is 0.541. The average Bonchev–Trinajstić information content (AvgIpc) is 2.95. The SMILES string of the molecule is Cc1ccc(OCCNc2ccc(-c3cnc(C)c([C@H](OC(C)(C)C)C(=O)OC(C)C)c3N3CCC(C)(C)CC3)nc2)c(C)c1.[HH]. The minimum Gasteiger partial charge on any atom is -0.491 e. The number of carbonyl (C=O) groups excluding carboxylic acids is 1. The molecule has 2 aromatic heterocycles. The largest absolute Gasteiger partial charge is 0.491 e. The van der Waals surface area contributed by atoms with Crippen molar-refractivity contribution >= 4 is 17.3 Å². The van der Waals surface area contributed by atoms with Crippen molar-refractivity contribution in [2.24, 2.45) is 5.41 Å². The van der Waals surface area contributed by atoms with Crippen LogP contribution in [0.2, 0.25) is 0 Å². The summed E-state index contributed by atoms with van der Waals surface area (Å²) < 4.78 is 18.2. The molecule has 0 amide bonds. The minimum absolute atomic E-state index is 0. The molecule has 0 aliphatic carbocycles. The Balaban J connectivity index is 0.00000576. The van der Waals surface area contributed by atoms with Crippen molar-refractivity contribution in [1.82, 2.24) is 9.97 Å². The van der Waals surface area contributed by atoms with Gasteiger partial charge in [0.05, 0.1) is 35.0 Å². The molecule has 0 unspecified atom stereocenters. The molecule has 246 valence electrons. The molecule has 3 aromatic rings. The molecule has 0 radical (unpaired) electrons. The lowest BCUT2D eigenvalue weighted by molar-refractivity contribution is -0.171. The summed E-state index contributed by atoms with van der Waals surface area (Å²) in [5.74, 6) is 0.495. The Morgan fingerprint density at radius 3 is 2.36 bits per heavy atom. The molecule has 4 rings (SSSR count). The maximum Gasteiger partial charge on any atom is 0.340 e. The van der Waals surface area contributed by atoms with E-state index in [0.717, 1.165) is 71.1 Å². The van der Waals surface area contributed by atoms with Crippen molar-refractivity contribution in [2.45, 2.75) is 99.9 Å². The zero-order valence-electron chi connectivity index (χ0n) is 28.9. The Hall–Kier alpha value is -3.65. The predicted octanol–water partition coefficient (Wildman–Crippen LogP) is 8.24. The number of hydrogen-bond donors (Lipinski definition) is 1. The summed E-state index contributed by atoms with van der Waals surface area (Å²) in [6.45, 7) is 23.2. The molecule has 8 heteroatoms. The van der Waals surface area contributed by atoms with E-state index in [0.29, 0.717) is 13.2 Å². The van der Waals surface area contributed by atoms with Gasteiger partial charge >= 0.3 is 5.97 Å². The van der Waals surface area contributed by atoms with Crippen LogP contribution >= 0.6 is 0 Å². The van der Waals surface area contributed by atoms with E-state index < -0.39 is 17.7 Å². The second-order valence-electron chi connectivity index (χ2n) is 14.2. The Labute approximate surface area is 271 Å². The number of hydrogen-bond acceptors (Lipinski definition) is 8. The summed E-state index contributed by atoms with van der Waals surface area (Å²) in [6, 6.07) is 10.2. The van der Waals surface area contributed by atoms with Gasteiger partial charge in [-0.05, 0) is 97.4 Å². The summed E-state index contributed by atoms with van der Waals surface area (Å²) in [7, 11) is 0. The van der Waals surface area contributed by atoms with E-state index in [4.69, 9.17) is 24.2 Å². The smallest absolute Gasteiger partial charge is 0.340 e. The monoisotopic (exact) mass is 618 g/mol. The first-order valence-corrected chi connectivity index (χ1v) is 16.2. The van der Waals surface area contributed by atoms with E-state index in [1.807, 2.05) is 72.1 Å². The van der Waals surface area contributed by atoms with Gasteiger partial charge in [-0.2, -0.15) is 0 Å². The van der Waals surface area contributed by atoms with Gasteiger partial charge < -0.3 is 24.4 Å². The van der Waals surface area contributed by atoms with E-state index >= 15 is 0 Å². The highest BCUT2D eigenvalue weighted by atomic mass is 16.6. The summed E-state index contributed by atoms with van der Waals surface area (Å²) in [4.78, 5) is 25.7. The summed E-state index contributed by atoms with van der Waals surface area (Å²) in [5.41, 5.74) is 7.03. The number of benzene rings is 1. The Kier molecular flexibility index (Phi) is 10.8. The number of carbonyl (C=O) groups is 1. The molecule has 1 aliphatic rings. The second-order valence-corrected chi connectivity index (χ2v) is 14.2. The van der Waals surface area contributed by atoms with Crippen molar-refractivity contribution in [3.63, 3.8) is 0 Å². The maximum absolute atomic E-state index is 13.6. The van der Waals surface area contributed by atoms with Gasteiger partial charge in [0.2, 0.25) is 0 Å². The summed E-state index contributed by atoms with van der Waals surface area (Å²) in [5, 5.41) is 3.41. The van der Waals surface area contributed by atoms with E-state index in [9.17, 15) is 4.79 Å². The van der Waals surface area contributed by atoms with Gasteiger partial charge in [0.15, 0.2) is 6.10 Å². The van der Waals surface area contributed by atoms with Gasteiger partial charge in [0.25, 0.3) is 0 Å². The van der Waals surface area contributed by atoms with Gasteiger partial charge in [-0.15, -0.1) is 0 Å². The van der Waals surface area contributed by atoms with Crippen molar-refractivity contribution in [2.75, 3.05) is 36.5 Å². The lowest BCUT2D eigenvalue weighted by atomic mass is 9.82. The predicted molar refractivity (Wildman–Crippen MR) is 184 cm³/mol. The molecule has 0 bridgehead atoms. The van der Waals surface area contributed by atoms with Crippen LogP contribution in [0.4, 0.5) is 11.4 Å². The average molecular weight is 619 g/mol. The quantitative estimate of drug-likeness (QED) is 0.170. The third kappa shape index (κ3) is 9.19. The first kappa shape index (κ1) is 34.2. The molecule has 1 saturated heterocycles. The molecule has 1 atom stereocenters. The number of piperidine rings is 1. The fourth-order valence-electron chi connectivity index (χ4n) is 5.63. The lowest BCUT2D eigenvalue weighted by Gasteiger charge is -2.41. The third-order valence-corrected chi connectivity index (χ3v) is 8.08. The van der Waals surface area contributed by atoms with Crippen LogP contribution in [0.25, 0.3) is 11.3 Å². The molecule has 1 fully saturated rings. The molecule has 45 heavy (non-hydrogen) atoms. The normalized spacial score (nSPS) is 15.6. The van der Waals surface area contributed by atoms with Gasteiger partial charge in [-0.25, -0.2) is 4.79 Å². The minimum atomic E-state index is -0.928. The highest BCUT2D eigenvalue weighted by Crippen LogP contribution is 2.43. The Morgan fingerprint density at radius 2 is 1.76 bits per heavy atom. The number of rotatable bonds is 11. The van der Waals surface area contributed by atoms with Gasteiger partial charge in [0, 0.05) is 44.1 Å². The second kappa shape index (κ2) is 14.2. The van der Waals surface area contributed by atoms with Crippen molar-refractivity contribution < 1.29 is 20.4 Å². The first-order chi connectivity index (χ1) is 21.1. The number of aryl methyl sites for hydroxylation is 3. The number of aromatic nitrogens is 2. The van der Waals surface area contributed by atoms with Crippen LogP contribution in [0.5, 0.6) is 5.75 Å². The van der Waals surface area contributed by atoms with Crippen LogP contribution in [0.1, 0.15) is 91.2 Å². The van der Waals surface area contributed by atoms with Crippen LogP contribution in [0.15, 0.2) is 42.7 Å². The standard InChI is InChI=1S/C37H52N4O4.H2/c1-24(2)44-35(42)34(45-36(6,7)8)32-27(5)39-23-29(33(32)41-18-15-37(9,10)16-19-41)30-13-12-28(22-40-30)38-17-20-43-31-14-11-25(3)21-26(31)4;/h11-14,21-24,34,38H,15-20H2,1-10H3;1H/t34-;/m0./s1. The van der Waals surface area contributed by atoms with E-state index in [1.165, 1.54) is 5.56 Å². The third-order valence-electron chi connectivity index (χ3n) is 8.08.